The second kappa shape index (κ2) is 6.39. The number of hydrogen-bond donors (Lipinski definition) is 4. The van der Waals surface area contributed by atoms with E-state index >= 15 is 0 Å². The minimum absolute atomic E-state index is 0.175. The number of nitrogen functional groups attached to an aromatic ring is 1. The molecular weight excluding hydrogens is 258 g/mol. The molecule has 0 unspecified atom stereocenters. The zero-order valence-electron chi connectivity index (χ0n) is 10.00. The van der Waals surface area contributed by atoms with E-state index in [9.17, 15) is 14.4 Å². The van der Waals surface area contributed by atoms with Crippen molar-refractivity contribution in [3.63, 3.8) is 0 Å². The van der Waals surface area contributed by atoms with Gasteiger partial charge in [0.2, 0.25) is 0 Å². The number of nitrogens with two attached hydrogens (primary N) is 1. The first kappa shape index (κ1) is 14.5. The number of carbonyl (C=O) groups excluding carboxylic acids is 1. The summed E-state index contributed by atoms with van der Waals surface area (Å²) in [4.78, 5) is 33.1. The third-order valence-electron chi connectivity index (χ3n) is 2.42. The highest BCUT2D eigenvalue weighted by atomic mass is 16.4. The first-order valence-electron chi connectivity index (χ1n) is 5.51. The van der Waals surface area contributed by atoms with E-state index in [2.05, 4.69) is 5.32 Å². The van der Waals surface area contributed by atoms with Crippen LogP contribution in [0, 0.1) is 0 Å². The first-order valence-corrected chi connectivity index (χ1v) is 5.51. The van der Waals surface area contributed by atoms with E-state index in [0.29, 0.717) is 5.69 Å². The molecule has 0 fully saturated rings. The van der Waals surface area contributed by atoms with Crippen molar-refractivity contribution in [2.75, 3.05) is 5.73 Å². The van der Waals surface area contributed by atoms with Crippen LogP contribution in [0.5, 0.6) is 0 Å². The van der Waals surface area contributed by atoms with Crippen molar-refractivity contribution in [1.82, 2.24) is 5.32 Å². The predicted octanol–water partition coefficient (Wildman–Crippen LogP) is 0.317. The normalized spacial score (nSPS) is 11.6. The second-order valence-corrected chi connectivity index (χ2v) is 3.92. The Morgan fingerprint density at radius 2 is 1.74 bits per heavy atom. The number of benzene rings is 1. The van der Waals surface area contributed by atoms with Crippen LogP contribution in [0.2, 0.25) is 0 Å². The molecule has 0 heterocycles. The Morgan fingerprint density at radius 3 is 2.21 bits per heavy atom. The number of carbonyl (C=O) groups is 3. The van der Waals surface area contributed by atoms with Crippen LogP contribution in [0.25, 0.3) is 0 Å². The quantitative estimate of drug-likeness (QED) is 0.552. The molecule has 0 aliphatic rings. The summed E-state index contributed by atoms with van der Waals surface area (Å²) in [6.07, 6.45) is -0.510. The van der Waals surface area contributed by atoms with Gasteiger partial charge in [-0.15, -0.1) is 0 Å². The van der Waals surface area contributed by atoms with Crippen LogP contribution in [0.15, 0.2) is 24.3 Å². The van der Waals surface area contributed by atoms with E-state index in [4.69, 9.17) is 15.9 Å². The maximum absolute atomic E-state index is 11.8. The third-order valence-corrected chi connectivity index (χ3v) is 2.42. The molecule has 0 radical (unpaired) electrons. The van der Waals surface area contributed by atoms with Crippen LogP contribution in [-0.4, -0.2) is 34.1 Å². The third kappa shape index (κ3) is 4.66. The molecular formula is C12H14N2O5. The summed E-state index contributed by atoms with van der Waals surface area (Å²) in [6, 6.07) is 4.71. The molecule has 1 amide bonds. The molecule has 5 N–H and O–H groups in total. The monoisotopic (exact) mass is 272 g/mol. The fourth-order valence-electron chi connectivity index (χ4n) is 1.40. The highest BCUT2D eigenvalue weighted by Crippen LogP contribution is 2.06. The Bertz CT molecular complexity index is 483. The van der Waals surface area contributed by atoms with E-state index < -0.39 is 23.9 Å². The van der Waals surface area contributed by atoms with Gasteiger partial charge in [-0.25, -0.2) is 4.79 Å². The molecule has 0 aliphatic heterocycles. The molecule has 1 aromatic rings. The van der Waals surface area contributed by atoms with Crippen molar-refractivity contribution in [2.24, 2.45) is 0 Å². The van der Waals surface area contributed by atoms with Crippen molar-refractivity contribution >= 4 is 23.5 Å². The van der Waals surface area contributed by atoms with E-state index in [0.717, 1.165) is 0 Å². The number of amides is 1. The Balaban J connectivity index is 2.68. The zero-order chi connectivity index (χ0) is 14.4. The van der Waals surface area contributed by atoms with Crippen molar-refractivity contribution < 1.29 is 24.6 Å². The van der Waals surface area contributed by atoms with Gasteiger partial charge in [-0.1, -0.05) is 0 Å². The van der Waals surface area contributed by atoms with Gasteiger partial charge in [-0.3, -0.25) is 9.59 Å². The lowest BCUT2D eigenvalue weighted by Crippen LogP contribution is -2.41. The van der Waals surface area contributed by atoms with Gasteiger partial charge in [0.05, 0.1) is 0 Å². The van der Waals surface area contributed by atoms with Crippen LogP contribution in [0.4, 0.5) is 5.69 Å². The van der Waals surface area contributed by atoms with E-state index in [-0.39, 0.29) is 18.4 Å². The Kier molecular flexibility index (Phi) is 4.87. The van der Waals surface area contributed by atoms with E-state index in [1.54, 1.807) is 0 Å². The van der Waals surface area contributed by atoms with Crippen LogP contribution in [0.3, 0.4) is 0 Å². The van der Waals surface area contributed by atoms with Gasteiger partial charge in [0.15, 0.2) is 0 Å². The molecule has 0 spiro atoms. The van der Waals surface area contributed by atoms with Gasteiger partial charge >= 0.3 is 11.9 Å². The van der Waals surface area contributed by atoms with Crippen molar-refractivity contribution in [2.45, 2.75) is 18.9 Å². The van der Waals surface area contributed by atoms with Crippen molar-refractivity contribution in [3.8, 4) is 0 Å². The number of rotatable bonds is 6. The van der Waals surface area contributed by atoms with Crippen LogP contribution >= 0.6 is 0 Å². The molecule has 0 saturated carbocycles. The van der Waals surface area contributed by atoms with E-state index in [1.807, 2.05) is 0 Å². The van der Waals surface area contributed by atoms with E-state index in [1.165, 1.54) is 24.3 Å². The average molecular weight is 272 g/mol. The Labute approximate surface area is 109 Å². The molecule has 1 aromatic carbocycles. The molecule has 102 valence electrons. The fourth-order valence-corrected chi connectivity index (χ4v) is 1.40. The summed E-state index contributed by atoms with van der Waals surface area (Å²) in [6.45, 7) is 0. The largest absolute Gasteiger partial charge is 0.481 e. The molecule has 7 heteroatoms. The SMILES string of the molecule is N[13c]1[13cH][13cH][13c](C(=O)N[C@@H](CCC(=O)O)C(=O)O)[13cH][13cH]1. The molecule has 1 atom stereocenters. The number of carboxylic acid groups (broad SMARTS) is 2. The number of anilines is 1. The molecule has 0 aliphatic carbocycles. The van der Waals surface area contributed by atoms with Crippen molar-refractivity contribution in [1.29, 1.82) is 0 Å². The standard InChI is InChI=1S/C12H14N2O5/c13-8-3-1-7(2-4-8)11(17)14-9(12(18)19)5-6-10(15)16/h1-4,9H,5-6,13H2,(H,14,17)(H,15,16)(H,18,19)/t9-/m0/s1/i1+1,2+1,3+1,4+1,7+1,8+1. The van der Waals surface area contributed by atoms with Crippen LogP contribution in [-0.2, 0) is 9.59 Å². The van der Waals surface area contributed by atoms with Gasteiger partial charge in [0.25, 0.3) is 5.91 Å². The van der Waals surface area contributed by atoms with Crippen molar-refractivity contribution in [3.05, 3.63) is 29.8 Å². The van der Waals surface area contributed by atoms with Gasteiger partial charge in [0.1, 0.15) is 6.04 Å². The smallest absolute Gasteiger partial charge is 0.326 e. The first-order chi connectivity index (χ1) is 8.90. The summed E-state index contributed by atoms with van der Waals surface area (Å²) < 4.78 is 0. The fraction of sp³-hybridized carbons (Fsp3) is 0.250. The minimum atomic E-state index is -1.27. The summed E-state index contributed by atoms with van der Waals surface area (Å²) in [7, 11) is 0. The lowest BCUT2D eigenvalue weighted by atomic mass is 10.1. The Hall–Kier alpha value is -2.57. The number of nitrogens with one attached hydrogen (secondary N) is 1. The summed E-state index contributed by atoms with van der Waals surface area (Å²) in [5.41, 5.74) is 6.21. The van der Waals surface area contributed by atoms with Crippen LogP contribution in [0.1, 0.15) is 23.2 Å². The highest BCUT2D eigenvalue weighted by molar-refractivity contribution is 5.96. The molecule has 1 rings (SSSR count). The molecule has 0 bridgehead atoms. The predicted molar refractivity (Wildman–Crippen MR) is 66.6 cm³/mol. The maximum atomic E-state index is 11.8. The molecule has 7 nitrogen and oxygen atoms in total. The topological polar surface area (TPSA) is 130 Å². The summed E-state index contributed by atoms with van der Waals surface area (Å²) >= 11 is 0. The minimum Gasteiger partial charge on any atom is -0.481 e. The molecule has 19 heavy (non-hydrogen) atoms. The van der Waals surface area contributed by atoms with Crippen LogP contribution < -0.4 is 11.1 Å². The lowest BCUT2D eigenvalue weighted by Gasteiger charge is -2.13. The van der Waals surface area contributed by atoms with Gasteiger partial charge < -0.3 is 21.3 Å². The van der Waals surface area contributed by atoms with Gasteiger partial charge in [-0.05, 0) is 30.7 Å². The zero-order valence-corrected chi connectivity index (χ0v) is 10.00. The second-order valence-electron chi connectivity index (χ2n) is 3.92. The average Bonchev–Trinajstić information content (AvgIpc) is 2.34. The summed E-state index contributed by atoms with van der Waals surface area (Å²) in [5, 5.41) is 19.7. The lowest BCUT2D eigenvalue weighted by molar-refractivity contribution is -0.140. The maximum Gasteiger partial charge on any atom is 0.326 e. The number of aliphatic carboxylic acids is 2. The molecule has 0 saturated heterocycles. The number of hydrogen-bond acceptors (Lipinski definition) is 4. The van der Waals surface area contributed by atoms with Gasteiger partial charge in [0, 0.05) is 17.7 Å². The van der Waals surface area contributed by atoms with Gasteiger partial charge in [-0.2, -0.15) is 0 Å². The highest BCUT2D eigenvalue weighted by Gasteiger charge is 2.21. The summed E-state index contributed by atoms with van der Waals surface area (Å²) in [5.74, 6) is -2.98. The molecule has 0 aromatic heterocycles. The number of carboxylic acids is 2. The Morgan fingerprint density at radius 1 is 1.16 bits per heavy atom.